The molecule has 5 heteroatoms. The number of likely N-dealkylation sites (tertiary alicyclic amines) is 1. The third kappa shape index (κ3) is 5.12. The summed E-state index contributed by atoms with van der Waals surface area (Å²) in [4.78, 5) is 14.9. The van der Waals surface area contributed by atoms with Gasteiger partial charge < -0.3 is 15.2 Å². The number of nitrogens with one attached hydrogen (secondary N) is 1. The van der Waals surface area contributed by atoms with Gasteiger partial charge in [0, 0.05) is 30.3 Å². The van der Waals surface area contributed by atoms with Gasteiger partial charge in [0.05, 0.1) is 13.7 Å². The minimum atomic E-state index is -0.0610. The van der Waals surface area contributed by atoms with Gasteiger partial charge in [-0.25, -0.2) is 0 Å². The van der Waals surface area contributed by atoms with Crippen LogP contribution in [0.2, 0.25) is 0 Å². The topological polar surface area (TPSA) is 61.8 Å². The number of para-hydroxylation sites is 1. The highest BCUT2D eigenvalue weighted by Gasteiger charge is 2.20. The van der Waals surface area contributed by atoms with Gasteiger partial charge in [-0.05, 0) is 49.6 Å². The molecular formula is C23H30N2O3. The van der Waals surface area contributed by atoms with Crippen LogP contribution in [-0.2, 0) is 0 Å². The summed E-state index contributed by atoms with van der Waals surface area (Å²) in [6.07, 6.45) is 4.34. The molecule has 2 aromatic carbocycles. The minimum absolute atomic E-state index is 0.0610. The van der Waals surface area contributed by atoms with Gasteiger partial charge in [-0.15, -0.1) is 0 Å². The zero-order valence-electron chi connectivity index (χ0n) is 16.6. The first-order chi connectivity index (χ1) is 13.7. The molecule has 3 rings (SSSR count). The van der Waals surface area contributed by atoms with Crippen LogP contribution in [0, 0.1) is 0 Å². The Bertz CT molecular complexity index is 778. The van der Waals surface area contributed by atoms with Crippen molar-refractivity contribution >= 4 is 5.91 Å². The van der Waals surface area contributed by atoms with E-state index in [-0.39, 0.29) is 18.6 Å². The largest absolute Gasteiger partial charge is 0.496 e. The number of carbonyl (C=O) groups excluding carboxylic acids is 1. The number of aliphatic hydroxyl groups excluding tert-OH is 1. The van der Waals surface area contributed by atoms with Gasteiger partial charge >= 0.3 is 0 Å². The molecule has 5 nitrogen and oxygen atoms in total. The van der Waals surface area contributed by atoms with Crippen molar-refractivity contribution in [3.63, 3.8) is 0 Å². The molecular weight excluding hydrogens is 352 g/mol. The van der Waals surface area contributed by atoms with E-state index >= 15 is 0 Å². The van der Waals surface area contributed by atoms with Crippen LogP contribution in [0.5, 0.6) is 5.75 Å². The number of benzene rings is 2. The monoisotopic (exact) mass is 382 g/mol. The van der Waals surface area contributed by atoms with Crippen LogP contribution in [0.1, 0.15) is 36.0 Å². The average molecular weight is 383 g/mol. The van der Waals surface area contributed by atoms with E-state index in [4.69, 9.17) is 4.74 Å². The molecule has 1 amide bonds. The number of rotatable bonds is 8. The molecule has 150 valence electrons. The number of piperidine rings is 1. The van der Waals surface area contributed by atoms with Gasteiger partial charge in [-0.3, -0.25) is 9.69 Å². The fraction of sp³-hybridized carbons (Fsp3) is 0.435. The number of hydrogen-bond acceptors (Lipinski definition) is 4. The summed E-state index contributed by atoms with van der Waals surface area (Å²) < 4.78 is 5.43. The number of aliphatic hydroxyl groups is 1. The first-order valence-corrected chi connectivity index (χ1v) is 10.1. The normalized spacial score (nSPS) is 17.3. The molecule has 2 N–H and O–H groups in total. The lowest BCUT2D eigenvalue weighted by Crippen LogP contribution is -2.43. The smallest absolute Gasteiger partial charge is 0.251 e. The Morgan fingerprint density at radius 3 is 2.89 bits per heavy atom. The van der Waals surface area contributed by atoms with Gasteiger partial charge in [0.2, 0.25) is 0 Å². The molecule has 0 saturated carbocycles. The van der Waals surface area contributed by atoms with Crippen molar-refractivity contribution in [3.05, 3.63) is 54.1 Å². The Labute approximate surface area is 167 Å². The van der Waals surface area contributed by atoms with Gasteiger partial charge in [0.15, 0.2) is 0 Å². The summed E-state index contributed by atoms with van der Waals surface area (Å²) in [5, 5.41) is 12.5. The average Bonchev–Trinajstić information content (AvgIpc) is 2.76. The molecule has 1 aliphatic rings. The van der Waals surface area contributed by atoms with Crippen molar-refractivity contribution in [2.45, 2.75) is 31.7 Å². The lowest BCUT2D eigenvalue weighted by Gasteiger charge is -2.34. The number of methoxy groups -OCH3 is 1. The molecule has 1 saturated heterocycles. The van der Waals surface area contributed by atoms with E-state index in [2.05, 4.69) is 10.2 Å². The van der Waals surface area contributed by atoms with Gasteiger partial charge in [0.1, 0.15) is 5.75 Å². The molecule has 0 aliphatic carbocycles. The van der Waals surface area contributed by atoms with Crippen molar-refractivity contribution in [1.29, 1.82) is 0 Å². The Morgan fingerprint density at radius 2 is 2.07 bits per heavy atom. The summed E-state index contributed by atoms with van der Waals surface area (Å²) in [6.45, 7) is 2.81. The van der Waals surface area contributed by atoms with Crippen LogP contribution in [0.15, 0.2) is 48.5 Å². The molecule has 0 aromatic heterocycles. The summed E-state index contributed by atoms with van der Waals surface area (Å²) in [6, 6.07) is 15.7. The maximum Gasteiger partial charge on any atom is 0.251 e. The highest BCUT2D eigenvalue weighted by atomic mass is 16.5. The highest BCUT2D eigenvalue weighted by Crippen LogP contribution is 2.29. The van der Waals surface area contributed by atoms with Crippen molar-refractivity contribution < 1.29 is 14.6 Å². The molecule has 1 atom stereocenters. The zero-order valence-corrected chi connectivity index (χ0v) is 16.6. The van der Waals surface area contributed by atoms with E-state index in [1.54, 1.807) is 7.11 Å². The highest BCUT2D eigenvalue weighted by molar-refractivity contribution is 5.95. The number of amides is 1. The van der Waals surface area contributed by atoms with E-state index in [0.29, 0.717) is 12.1 Å². The van der Waals surface area contributed by atoms with E-state index in [9.17, 15) is 9.90 Å². The number of ether oxygens (including phenoxy) is 1. The van der Waals surface area contributed by atoms with Crippen LogP contribution >= 0.6 is 0 Å². The van der Waals surface area contributed by atoms with Gasteiger partial charge in [-0.2, -0.15) is 0 Å². The second-order valence-corrected chi connectivity index (χ2v) is 7.26. The Kier molecular flexibility index (Phi) is 7.46. The van der Waals surface area contributed by atoms with Crippen LogP contribution in [0.25, 0.3) is 11.1 Å². The Morgan fingerprint density at radius 1 is 1.21 bits per heavy atom. The van der Waals surface area contributed by atoms with E-state index < -0.39 is 0 Å². The lowest BCUT2D eigenvalue weighted by atomic mass is 10.0. The molecule has 1 aliphatic heterocycles. The molecule has 1 fully saturated rings. The molecule has 1 heterocycles. The van der Waals surface area contributed by atoms with Crippen molar-refractivity contribution in [1.82, 2.24) is 10.2 Å². The summed E-state index contributed by atoms with van der Waals surface area (Å²) >= 11 is 0. The predicted octanol–water partition coefficient (Wildman–Crippen LogP) is 3.33. The van der Waals surface area contributed by atoms with Crippen molar-refractivity contribution in [2.24, 2.45) is 0 Å². The van der Waals surface area contributed by atoms with Crippen LogP contribution in [0.3, 0.4) is 0 Å². The van der Waals surface area contributed by atoms with Crippen molar-refractivity contribution in [2.75, 3.05) is 33.4 Å². The maximum atomic E-state index is 12.6. The SMILES string of the molecule is COc1ccccc1-c1cccc(C(=O)NCCCN2CCCC[C@@H]2CO)c1. The molecule has 0 spiro atoms. The van der Waals surface area contributed by atoms with Crippen LogP contribution in [-0.4, -0.2) is 55.3 Å². The number of carbonyl (C=O) groups is 1. The third-order valence-corrected chi connectivity index (χ3v) is 5.41. The first kappa shape index (κ1) is 20.4. The van der Waals surface area contributed by atoms with E-state index in [0.717, 1.165) is 42.8 Å². The Hall–Kier alpha value is -2.37. The molecule has 2 aromatic rings. The molecule has 0 unspecified atom stereocenters. The third-order valence-electron chi connectivity index (χ3n) is 5.41. The summed E-state index contributed by atoms with van der Waals surface area (Å²) in [7, 11) is 1.65. The van der Waals surface area contributed by atoms with Crippen LogP contribution in [0.4, 0.5) is 0 Å². The summed E-state index contributed by atoms with van der Waals surface area (Å²) in [5.41, 5.74) is 2.58. The maximum absolute atomic E-state index is 12.6. The standard InChI is InChI=1S/C23H30N2O3/c1-28-22-12-3-2-11-21(22)18-8-6-9-19(16-18)23(27)24-13-7-15-25-14-5-4-10-20(25)17-26/h2-3,6,8-9,11-12,16,20,26H,4-5,7,10,13-15,17H2,1H3,(H,24,27)/t20-/m1/s1. The van der Waals surface area contributed by atoms with Gasteiger partial charge in [-0.1, -0.05) is 36.8 Å². The molecule has 28 heavy (non-hydrogen) atoms. The van der Waals surface area contributed by atoms with E-state index in [1.807, 2.05) is 48.5 Å². The van der Waals surface area contributed by atoms with Crippen molar-refractivity contribution in [3.8, 4) is 16.9 Å². The van der Waals surface area contributed by atoms with Gasteiger partial charge in [0.25, 0.3) is 5.91 Å². The summed E-state index contributed by atoms with van der Waals surface area (Å²) in [5.74, 6) is 0.731. The zero-order chi connectivity index (χ0) is 19.8. The second-order valence-electron chi connectivity index (χ2n) is 7.26. The van der Waals surface area contributed by atoms with Crippen LogP contribution < -0.4 is 10.1 Å². The number of nitrogens with zero attached hydrogens (tertiary/aromatic N) is 1. The minimum Gasteiger partial charge on any atom is -0.496 e. The first-order valence-electron chi connectivity index (χ1n) is 10.1. The fourth-order valence-corrected chi connectivity index (χ4v) is 3.86. The predicted molar refractivity (Wildman–Crippen MR) is 112 cm³/mol. The Balaban J connectivity index is 1.55. The number of hydrogen-bond donors (Lipinski definition) is 2. The fourth-order valence-electron chi connectivity index (χ4n) is 3.86. The van der Waals surface area contributed by atoms with E-state index in [1.165, 1.54) is 12.8 Å². The molecule has 0 bridgehead atoms. The second kappa shape index (κ2) is 10.2. The quantitative estimate of drug-likeness (QED) is 0.688. The lowest BCUT2D eigenvalue weighted by molar-refractivity contribution is 0.0868. The molecule has 0 radical (unpaired) electrons.